The van der Waals surface area contributed by atoms with Crippen LogP contribution in [0.25, 0.3) is 16.3 Å². The van der Waals surface area contributed by atoms with E-state index in [2.05, 4.69) is 22.2 Å². The number of rotatable bonds is 10. The lowest BCUT2D eigenvalue weighted by Crippen LogP contribution is -2.50. The molecule has 21 nitrogen and oxygen atoms in total. The first-order valence-corrected chi connectivity index (χ1v) is 30.1. The number of halogens is 1. The van der Waals surface area contributed by atoms with Crippen molar-refractivity contribution < 1.29 is 73.2 Å². The molecular weight excluding hydrogens is 1120 g/mol. The molecule has 7 N–H and O–H groups in total. The van der Waals surface area contributed by atoms with Gasteiger partial charge >= 0.3 is 17.7 Å². The maximum Gasteiger partial charge on any atom is 0.341 e. The number of esters is 1. The van der Waals surface area contributed by atoms with E-state index in [4.69, 9.17) is 24.0 Å². The standard InChI is InChI=1S/C65H81FN6O15/c1-31-13-12-14-32(2)61(80)68-50-44(56(77)47-48(57(50)78)55(76)37(7)59-49(47)60(79)64(9,87-59)85-26-20-46(84-11)33(3)58(86-38(8)73)36(6)54(75)35(5)53(31)74)28-67-71-24-18-41(19-25-71)69(10)65(21-22-65)40-17-23-70(29-40)52-34(4)51-42(39-15-16-39)27-43(63(82)83)62(81)72(51)30-45(52)66/h12-14,20,26-28,30-31,33,35-36,39-41,46,53-54,58,74-78H,15-19,21-25,29H2,1-11H3,(H,68,80)(H,82,83)/b13-12+,26-20+,32-14-,67-28+/t31-,33+,35+,36+,40+,46-,53-,54+,58+,64-/m0/s1. The van der Waals surface area contributed by atoms with Gasteiger partial charge in [0.15, 0.2) is 11.6 Å². The number of pyridine rings is 2. The molecule has 5 bridgehead atoms. The van der Waals surface area contributed by atoms with Crippen LogP contribution in [0.15, 0.2) is 58.3 Å². The van der Waals surface area contributed by atoms with Crippen LogP contribution in [0.5, 0.6) is 23.0 Å². The number of carbonyl (C=O) groups is 4. The molecule has 4 aromatic rings. The van der Waals surface area contributed by atoms with E-state index in [1.54, 1.807) is 39.8 Å². The summed E-state index contributed by atoms with van der Waals surface area (Å²) in [7, 11) is 3.58. The lowest BCUT2D eigenvalue weighted by Gasteiger charge is -2.42. The number of hydrogen-bond donors (Lipinski definition) is 7. The molecule has 87 heavy (non-hydrogen) atoms. The summed E-state index contributed by atoms with van der Waals surface area (Å²) in [6, 6.07) is 1.62. The monoisotopic (exact) mass is 1200 g/mol. The zero-order valence-corrected chi connectivity index (χ0v) is 51.2. The quantitative estimate of drug-likeness (QED) is 0.0341. The van der Waals surface area contributed by atoms with Crippen LogP contribution in [0, 0.1) is 49.3 Å². The van der Waals surface area contributed by atoms with Gasteiger partial charge in [0.2, 0.25) is 0 Å². The maximum absolute atomic E-state index is 16.3. The van der Waals surface area contributed by atoms with Crippen molar-refractivity contribution in [3.8, 4) is 23.0 Å². The highest BCUT2D eigenvalue weighted by Crippen LogP contribution is 2.56. The number of aliphatic hydroxyl groups is 2. The van der Waals surface area contributed by atoms with Crippen LogP contribution in [-0.2, 0) is 23.8 Å². The second kappa shape index (κ2) is 23.9. The highest BCUT2D eigenvalue weighted by atomic mass is 19.1. The number of aromatic hydroxyl groups is 3. The number of allylic oxidation sites excluding steroid dienone is 2. The number of aliphatic hydroxyl groups excluding tert-OH is 2. The van der Waals surface area contributed by atoms with Gasteiger partial charge in [-0.25, -0.2) is 9.18 Å². The molecule has 2 aromatic heterocycles. The predicted octanol–water partition coefficient (Wildman–Crippen LogP) is 8.18. The number of anilines is 2. The van der Waals surface area contributed by atoms with Gasteiger partial charge in [-0.3, -0.25) is 33.5 Å². The van der Waals surface area contributed by atoms with E-state index in [1.807, 2.05) is 11.9 Å². The largest absolute Gasteiger partial charge is 0.507 e. The number of methoxy groups -OCH3 is 1. The molecule has 22 heteroatoms. The number of Topliss-reactive ketones (excluding diaryl/α,β-unsaturated/α-hetero) is 1. The lowest BCUT2D eigenvalue weighted by molar-refractivity contribution is -0.160. The molecule has 0 unspecified atom stereocenters. The van der Waals surface area contributed by atoms with Gasteiger partial charge in [0.25, 0.3) is 17.2 Å². The number of hydrogen-bond acceptors (Lipinski definition) is 18. The van der Waals surface area contributed by atoms with Crippen molar-refractivity contribution in [2.24, 2.45) is 34.7 Å². The number of aromatic nitrogens is 1. The number of carboxylic acid groups (broad SMARTS) is 1. The number of carbonyl (C=O) groups excluding carboxylic acids is 3. The number of nitrogens with one attached hydrogen (secondary N) is 1. The van der Waals surface area contributed by atoms with Crippen LogP contribution in [0.1, 0.15) is 142 Å². The van der Waals surface area contributed by atoms with E-state index in [-0.39, 0.29) is 73.5 Å². The minimum atomic E-state index is -2.11. The van der Waals surface area contributed by atoms with Gasteiger partial charge in [-0.05, 0) is 108 Å². The van der Waals surface area contributed by atoms with Gasteiger partial charge in [0.1, 0.15) is 28.9 Å². The van der Waals surface area contributed by atoms with E-state index in [9.17, 15) is 54.6 Å². The van der Waals surface area contributed by atoms with E-state index < -0.39 is 106 Å². The Hall–Kier alpha value is -7.53. The number of phenolic OH excluding ortho intramolecular Hbond substituents is 3. The van der Waals surface area contributed by atoms with Crippen LogP contribution in [0.2, 0.25) is 0 Å². The third-order valence-corrected chi connectivity index (χ3v) is 19.8. The summed E-state index contributed by atoms with van der Waals surface area (Å²) in [6.07, 6.45) is 11.7. The van der Waals surface area contributed by atoms with Gasteiger partial charge in [0, 0.05) is 98.9 Å². The zero-order chi connectivity index (χ0) is 63.0. The maximum atomic E-state index is 16.3. The number of nitrogens with zero attached hydrogens (tertiary/aromatic N) is 5. The number of ketones is 1. The van der Waals surface area contributed by atoms with Crippen LogP contribution in [0.4, 0.5) is 15.8 Å². The summed E-state index contributed by atoms with van der Waals surface area (Å²) < 4.78 is 41.4. The first-order chi connectivity index (χ1) is 41.2. The van der Waals surface area contributed by atoms with Crippen molar-refractivity contribution in [3.05, 3.63) is 98.0 Å². The SMILES string of the molecule is CO[C@H]1/C=C/O[C@@]2(C)Oc3c(C)c(O)c4c(O)c(c(/C=N/N5CCC(N(C)C6([C@@H]7CCN(c8c(F)cn9c(=O)c(C(=O)O)cc(C%10CC%10)c9c8C)C7)CC6)CC5)c(O)c4c3C2=O)NC(=O)/C(C)=C\C=C\[C@H](C)[C@H](O)[C@@H](C)[C@@H](O)[C@@H](C)[C@H](OC(C)=O)[C@@H]1C. The molecule has 2 saturated heterocycles. The molecule has 2 saturated carbocycles. The van der Waals surface area contributed by atoms with E-state index in [0.717, 1.165) is 43.9 Å². The van der Waals surface area contributed by atoms with Crippen molar-refractivity contribution in [1.82, 2.24) is 14.3 Å². The summed E-state index contributed by atoms with van der Waals surface area (Å²) in [5, 5.41) is 78.5. The lowest BCUT2D eigenvalue weighted by atomic mass is 9.78. The fraction of sp³-hybridized carbons (Fsp3) is 0.538. The highest BCUT2D eigenvalue weighted by Gasteiger charge is 2.56. The van der Waals surface area contributed by atoms with Crippen molar-refractivity contribution >= 4 is 57.5 Å². The third kappa shape index (κ3) is 11.2. The number of aromatic carboxylic acids is 1. The molecule has 4 fully saturated rings. The number of hydrazone groups is 1. The first-order valence-electron chi connectivity index (χ1n) is 30.1. The summed E-state index contributed by atoms with van der Waals surface area (Å²) >= 11 is 0. The van der Waals surface area contributed by atoms with Gasteiger partial charge in [0.05, 0.1) is 70.4 Å². The average Bonchev–Trinajstić information content (AvgIpc) is 1.69. The van der Waals surface area contributed by atoms with E-state index >= 15 is 4.39 Å². The van der Waals surface area contributed by atoms with Crippen LogP contribution >= 0.6 is 0 Å². The zero-order valence-electron chi connectivity index (χ0n) is 51.2. The van der Waals surface area contributed by atoms with Crippen LogP contribution in [0.3, 0.4) is 0 Å². The third-order valence-electron chi connectivity index (χ3n) is 19.8. The Kier molecular flexibility index (Phi) is 17.2. The summed E-state index contributed by atoms with van der Waals surface area (Å²) in [5.41, 5.74) is 0.593. The number of phenols is 3. The number of piperidine rings is 1. The Morgan fingerprint density at radius 3 is 2.22 bits per heavy atom. The molecule has 468 valence electrons. The second-order valence-corrected chi connectivity index (χ2v) is 25.3. The smallest absolute Gasteiger partial charge is 0.341 e. The molecule has 1 amide bonds. The summed E-state index contributed by atoms with van der Waals surface area (Å²) in [4.78, 5) is 71.4. The molecule has 11 rings (SSSR count). The predicted molar refractivity (Wildman–Crippen MR) is 323 cm³/mol. The van der Waals surface area contributed by atoms with Gasteiger partial charge < -0.3 is 59.8 Å². The van der Waals surface area contributed by atoms with Crippen molar-refractivity contribution in [2.75, 3.05) is 50.6 Å². The summed E-state index contributed by atoms with van der Waals surface area (Å²) in [5.74, 6) is -10.4. The van der Waals surface area contributed by atoms with Gasteiger partial charge in [-0.1, -0.05) is 45.9 Å². The molecule has 7 aliphatic rings. The van der Waals surface area contributed by atoms with Gasteiger partial charge in [-0.15, -0.1) is 0 Å². The van der Waals surface area contributed by atoms with Crippen LogP contribution in [-0.4, -0.2) is 157 Å². The number of aryl methyl sites for hydroxylation is 1. The highest BCUT2D eigenvalue weighted by molar-refractivity contribution is 6.24. The minimum Gasteiger partial charge on any atom is -0.507 e. The molecule has 2 aliphatic carbocycles. The fourth-order valence-electron chi connectivity index (χ4n) is 14.2. The fourth-order valence-corrected chi connectivity index (χ4v) is 14.2. The molecule has 5 aliphatic heterocycles. The van der Waals surface area contributed by atoms with E-state index in [0.29, 0.717) is 55.8 Å². The number of fused-ring (bicyclic) bond motifs is 15. The average molecular weight is 1210 g/mol. The number of amides is 1. The Labute approximate surface area is 504 Å². The second-order valence-electron chi connectivity index (χ2n) is 25.3. The molecule has 7 heterocycles. The topological polar surface area (TPSA) is 282 Å². The van der Waals surface area contributed by atoms with Crippen LogP contribution < -0.4 is 20.5 Å². The molecular formula is C65H81FN6O15. The normalized spacial score (nSPS) is 29.6. The Balaban J connectivity index is 0.932. The molecule has 0 spiro atoms. The van der Waals surface area contributed by atoms with Crippen molar-refractivity contribution in [3.63, 3.8) is 0 Å². The first kappa shape index (κ1) is 62.5. The number of benzene rings is 2. The Bertz CT molecular complexity index is 3640. The summed E-state index contributed by atoms with van der Waals surface area (Å²) in [6.45, 7) is 16.5. The van der Waals surface area contributed by atoms with Crippen molar-refractivity contribution in [2.45, 2.75) is 155 Å². The van der Waals surface area contributed by atoms with Gasteiger partial charge in [-0.2, -0.15) is 5.10 Å². The molecule has 2 aromatic carbocycles. The Morgan fingerprint density at radius 1 is 0.897 bits per heavy atom. The van der Waals surface area contributed by atoms with Crippen molar-refractivity contribution in [1.29, 1.82) is 0 Å². The minimum absolute atomic E-state index is 0.0215. The molecule has 10 atom stereocenters. The molecule has 0 radical (unpaired) electrons. The number of ether oxygens (including phenoxy) is 4. The van der Waals surface area contributed by atoms with E-state index in [1.165, 1.54) is 69.9 Å². The number of carboxylic acids is 1. The Morgan fingerprint density at radius 2 is 1.59 bits per heavy atom.